The average Bonchev–Trinajstić information content (AvgIpc) is 3.11. The first-order valence-electron chi connectivity index (χ1n) is 12.0. The van der Waals surface area contributed by atoms with Crippen molar-refractivity contribution in [2.75, 3.05) is 27.3 Å². The molecule has 2 aliphatic rings. The number of methoxy groups -OCH3 is 2. The van der Waals surface area contributed by atoms with Gasteiger partial charge in [-0.25, -0.2) is 0 Å². The van der Waals surface area contributed by atoms with Gasteiger partial charge in [0.25, 0.3) is 0 Å². The Morgan fingerprint density at radius 1 is 0.824 bits per heavy atom. The maximum atomic E-state index is 14.0. The first kappa shape index (κ1) is 22.5. The zero-order chi connectivity index (χ0) is 23.5. The van der Waals surface area contributed by atoms with E-state index in [-0.39, 0.29) is 11.9 Å². The number of hydrogen-bond acceptors (Lipinski definition) is 4. The molecule has 5 nitrogen and oxygen atoms in total. The largest absolute Gasteiger partial charge is 0.496 e. The van der Waals surface area contributed by atoms with Crippen molar-refractivity contribution in [1.29, 1.82) is 0 Å². The fourth-order valence-corrected chi connectivity index (χ4v) is 5.40. The molecular weight excluding hydrogens is 424 g/mol. The standard InChI is InChI=1S/C29H32N2O3/c1-33-27-12-6-5-10-24(27)20-31-19-23-9-4-3-8-22(23)18-26(31)29(32)30-16-14-21-11-7-13-28(34-2)25(21)15-17-30/h3-13,26H,14-20H2,1-2H3/t26-/m0/s1. The molecule has 0 fully saturated rings. The Labute approximate surface area is 201 Å². The van der Waals surface area contributed by atoms with Gasteiger partial charge >= 0.3 is 0 Å². The molecule has 0 saturated heterocycles. The van der Waals surface area contributed by atoms with Crippen LogP contribution in [-0.2, 0) is 37.1 Å². The first-order valence-corrected chi connectivity index (χ1v) is 12.0. The minimum atomic E-state index is -0.192. The van der Waals surface area contributed by atoms with Crippen molar-refractivity contribution in [3.8, 4) is 11.5 Å². The van der Waals surface area contributed by atoms with E-state index in [1.807, 2.05) is 30.3 Å². The molecule has 1 amide bonds. The number of fused-ring (bicyclic) bond motifs is 2. The Morgan fingerprint density at radius 2 is 1.50 bits per heavy atom. The van der Waals surface area contributed by atoms with Gasteiger partial charge in [-0.15, -0.1) is 0 Å². The lowest BCUT2D eigenvalue weighted by atomic mass is 9.92. The molecule has 0 aliphatic carbocycles. The van der Waals surface area contributed by atoms with Crippen molar-refractivity contribution in [3.63, 3.8) is 0 Å². The van der Waals surface area contributed by atoms with Crippen LogP contribution in [0.3, 0.4) is 0 Å². The maximum absolute atomic E-state index is 14.0. The van der Waals surface area contributed by atoms with Crippen molar-refractivity contribution < 1.29 is 14.3 Å². The summed E-state index contributed by atoms with van der Waals surface area (Å²) < 4.78 is 11.2. The summed E-state index contributed by atoms with van der Waals surface area (Å²) in [5, 5.41) is 0. The molecule has 2 aliphatic heterocycles. The van der Waals surface area contributed by atoms with E-state index in [0.717, 1.165) is 49.4 Å². The summed E-state index contributed by atoms with van der Waals surface area (Å²) in [4.78, 5) is 18.4. The number of benzene rings is 3. The van der Waals surface area contributed by atoms with Gasteiger partial charge in [-0.05, 0) is 53.6 Å². The summed E-state index contributed by atoms with van der Waals surface area (Å²) in [7, 11) is 3.43. The normalized spacial score (nSPS) is 17.9. The number of hydrogen-bond donors (Lipinski definition) is 0. The summed E-state index contributed by atoms with van der Waals surface area (Å²) in [5.41, 5.74) is 6.20. The van der Waals surface area contributed by atoms with Gasteiger partial charge < -0.3 is 14.4 Å². The van der Waals surface area contributed by atoms with E-state index in [9.17, 15) is 4.79 Å². The third kappa shape index (κ3) is 4.40. The molecule has 0 radical (unpaired) electrons. The lowest BCUT2D eigenvalue weighted by Crippen LogP contribution is -2.51. The zero-order valence-corrected chi connectivity index (χ0v) is 20.0. The first-order chi connectivity index (χ1) is 16.7. The number of carbonyl (C=O) groups excluding carboxylic acids is 1. The fourth-order valence-electron chi connectivity index (χ4n) is 5.40. The topological polar surface area (TPSA) is 42.0 Å². The van der Waals surface area contributed by atoms with Crippen LogP contribution in [0.15, 0.2) is 66.7 Å². The molecule has 0 saturated carbocycles. The molecule has 0 unspecified atom stereocenters. The van der Waals surface area contributed by atoms with E-state index in [0.29, 0.717) is 13.1 Å². The van der Waals surface area contributed by atoms with Crippen LogP contribution >= 0.6 is 0 Å². The number of nitrogens with zero attached hydrogens (tertiary/aromatic N) is 2. The van der Waals surface area contributed by atoms with Gasteiger partial charge in [0.2, 0.25) is 5.91 Å². The molecule has 1 atom stereocenters. The van der Waals surface area contributed by atoms with E-state index < -0.39 is 0 Å². The van der Waals surface area contributed by atoms with Gasteiger partial charge in [0.05, 0.1) is 20.3 Å². The molecule has 0 spiro atoms. The van der Waals surface area contributed by atoms with E-state index in [2.05, 4.69) is 46.2 Å². The van der Waals surface area contributed by atoms with Crippen molar-refractivity contribution in [2.24, 2.45) is 0 Å². The molecule has 3 aromatic carbocycles. The Morgan fingerprint density at radius 3 is 2.32 bits per heavy atom. The predicted molar refractivity (Wildman–Crippen MR) is 133 cm³/mol. The van der Waals surface area contributed by atoms with Crippen LogP contribution in [0.2, 0.25) is 0 Å². The molecular formula is C29H32N2O3. The third-order valence-corrected chi connectivity index (χ3v) is 7.24. The van der Waals surface area contributed by atoms with E-state index in [1.54, 1.807) is 14.2 Å². The van der Waals surface area contributed by atoms with Crippen LogP contribution in [0.5, 0.6) is 11.5 Å². The SMILES string of the molecule is COc1ccccc1CN1Cc2ccccc2C[C@H]1C(=O)N1CCc2cccc(OC)c2CC1. The van der Waals surface area contributed by atoms with Crippen molar-refractivity contribution >= 4 is 5.91 Å². The van der Waals surface area contributed by atoms with Crippen LogP contribution in [0.1, 0.15) is 27.8 Å². The minimum absolute atomic E-state index is 0.192. The highest BCUT2D eigenvalue weighted by atomic mass is 16.5. The van der Waals surface area contributed by atoms with Gasteiger partial charge in [0.15, 0.2) is 0 Å². The Balaban J connectivity index is 1.41. The Hall–Kier alpha value is -3.31. The van der Waals surface area contributed by atoms with Crippen molar-refractivity contribution in [3.05, 3.63) is 94.5 Å². The molecule has 2 heterocycles. The van der Waals surface area contributed by atoms with Crippen molar-refractivity contribution in [1.82, 2.24) is 9.80 Å². The highest BCUT2D eigenvalue weighted by molar-refractivity contribution is 5.83. The summed E-state index contributed by atoms with van der Waals surface area (Å²) in [6.45, 7) is 2.88. The number of ether oxygens (including phenoxy) is 2. The molecule has 0 aromatic heterocycles. The maximum Gasteiger partial charge on any atom is 0.240 e. The van der Waals surface area contributed by atoms with Crippen LogP contribution < -0.4 is 9.47 Å². The summed E-state index contributed by atoms with van der Waals surface area (Å²) in [6.07, 6.45) is 2.41. The van der Waals surface area contributed by atoms with E-state index in [1.165, 1.54) is 22.3 Å². The van der Waals surface area contributed by atoms with Crippen LogP contribution in [-0.4, -0.2) is 49.1 Å². The van der Waals surface area contributed by atoms with Gasteiger partial charge in [-0.2, -0.15) is 0 Å². The summed E-state index contributed by atoms with van der Waals surface area (Å²) in [6, 6.07) is 22.6. The van der Waals surface area contributed by atoms with Crippen LogP contribution in [0.4, 0.5) is 0 Å². The molecule has 0 bridgehead atoms. The Kier molecular flexibility index (Phi) is 6.54. The van der Waals surface area contributed by atoms with Gasteiger partial charge in [-0.3, -0.25) is 9.69 Å². The lowest BCUT2D eigenvalue weighted by molar-refractivity contribution is -0.137. The summed E-state index contributed by atoms with van der Waals surface area (Å²) >= 11 is 0. The molecule has 3 aromatic rings. The van der Waals surface area contributed by atoms with E-state index >= 15 is 0 Å². The van der Waals surface area contributed by atoms with Crippen molar-refractivity contribution in [2.45, 2.75) is 38.4 Å². The smallest absolute Gasteiger partial charge is 0.240 e. The molecule has 5 heteroatoms. The number of para-hydroxylation sites is 1. The average molecular weight is 457 g/mol. The monoisotopic (exact) mass is 456 g/mol. The van der Waals surface area contributed by atoms with Crippen LogP contribution in [0.25, 0.3) is 0 Å². The number of carbonyl (C=O) groups is 1. The highest BCUT2D eigenvalue weighted by Crippen LogP contribution is 2.30. The second kappa shape index (κ2) is 9.90. The zero-order valence-electron chi connectivity index (χ0n) is 20.0. The lowest BCUT2D eigenvalue weighted by Gasteiger charge is -2.38. The molecule has 5 rings (SSSR count). The fraction of sp³-hybridized carbons (Fsp3) is 0.345. The highest BCUT2D eigenvalue weighted by Gasteiger charge is 2.35. The third-order valence-electron chi connectivity index (χ3n) is 7.24. The minimum Gasteiger partial charge on any atom is -0.496 e. The predicted octanol–water partition coefficient (Wildman–Crippen LogP) is 4.26. The van der Waals surface area contributed by atoms with Gasteiger partial charge in [0, 0.05) is 31.7 Å². The number of rotatable bonds is 5. The second-order valence-corrected chi connectivity index (χ2v) is 9.13. The molecule has 0 N–H and O–H groups in total. The summed E-state index contributed by atoms with van der Waals surface area (Å²) in [5.74, 6) is 2.01. The quantitative estimate of drug-likeness (QED) is 0.575. The van der Waals surface area contributed by atoms with Gasteiger partial charge in [-0.1, -0.05) is 54.6 Å². The molecule has 34 heavy (non-hydrogen) atoms. The second-order valence-electron chi connectivity index (χ2n) is 9.13. The van der Waals surface area contributed by atoms with Crippen LogP contribution in [0, 0.1) is 0 Å². The van der Waals surface area contributed by atoms with Gasteiger partial charge in [0.1, 0.15) is 11.5 Å². The Bertz CT molecular complexity index is 1180. The van der Waals surface area contributed by atoms with E-state index in [4.69, 9.17) is 9.47 Å². The number of amides is 1. The molecule has 176 valence electrons.